The van der Waals surface area contributed by atoms with Crippen LogP contribution in [0.1, 0.15) is 28.9 Å². The van der Waals surface area contributed by atoms with Gasteiger partial charge in [-0.15, -0.1) is 0 Å². The molecule has 0 aliphatic rings. The molecule has 0 aromatic heterocycles. The molecule has 8 heteroatoms. The Kier molecular flexibility index (Phi) is 8.58. The molecular weight excluding hydrogens is 390 g/mol. The lowest BCUT2D eigenvalue weighted by atomic mass is 9.96. The summed E-state index contributed by atoms with van der Waals surface area (Å²) in [7, 11) is 0. The lowest BCUT2D eigenvalue weighted by Gasteiger charge is -2.24. The number of hydrogen-bond donors (Lipinski definition) is 3. The van der Waals surface area contributed by atoms with E-state index in [9.17, 15) is 14.4 Å². The molecule has 0 aliphatic carbocycles. The summed E-state index contributed by atoms with van der Waals surface area (Å²) >= 11 is 0. The smallest absolute Gasteiger partial charge is 0.414 e. The minimum absolute atomic E-state index is 0.0295. The highest BCUT2D eigenvalue weighted by molar-refractivity contribution is 6.02. The molecule has 0 radical (unpaired) electrons. The second kappa shape index (κ2) is 11.4. The molecular formula is C22H23NO7. The van der Waals surface area contributed by atoms with Gasteiger partial charge in [-0.05, 0) is 18.2 Å². The zero-order valence-corrected chi connectivity index (χ0v) is 16.4. The maximum absolute atomic E-state index is 12.4. The second-order valence-corrected chi connectivity index (χ2v) is 6.31. The highest BCUT2D eigenvalue weighted by Crippen LogP contribution is 2.34. The van der Waals surface area contributed by atoms with Gasteiger partial charge in [0.25, 0.3) is 5.91 Å². The summed E-state index contributed by atoms with van der Waals surface area (Å²) in [4.78, 5) is 35.5. The van der Waals surface area contributed by atoms with Crippen molar-refractivity contribution in [1.82, 2.24) is 5.32 Å². The Morgan fingerprint density at radius 1 is 1.07 bits per heavy atom. The summed E-state index contributed by atoms with van der Waals surface area (Å²) < 4.78 is 11.0. The molecule has 3 N–H and O–H groups in total. The van der Waals surface area contributed by atoms with Crippen molar-refractivity contribution in [3.63, 3.8) is 0 Å². The lowest BCUT2D eigenvalue weighted by molar-refractivity contribution is -0.131. The number of rotatable bonds is 9. The predicted octanol–water partition coefficient (Wildman–Crippen LogP) is 2.94. The molecule has 30 heavy (non-hydrogen) atoms. The van der Waals surface area contributed by atoms with Crippen LogP contribution in [0.15, 0.2) is 66.7 Å². The van der Waals surface area contributed by atoms with E-state index in [2.05, 4.69) is 5.32 Å². The van der Waals surface area contributed by atoms with Crippen LogP contribution in [0, 0.1) is 5.92 Å². The van der Waals surface area contributed by atoms with E-state index in [4.69, 9.17) is 19.7 Å². The first-order chi connectivity index (χ1) is 14.4. The van der Waals surface area contributed by atoms with Gasteiger partial charge < -0.3 is 19.7 Å². The second-order valence-electron chi connectivity index (χ2n) is 6.31. The molecule has 0 spiro atoms. The highest BCUT2D eigenvalue weighted by Gasteiger charge is 2.26. The molecule has 0 heterocycles. The van der Waals surface area contributed by atoms with Crippen LogP contribution >= 0.6 is 0 Å². The monoisotopic (exact) mass is 413 g/mol. The van der Waals surface area contributed by atoms with Crippen LogP contribution in [0.25, 0.3) is 0 Å². The fraction of sp³-hybridized carbons (Fsp3) is 0.227. The maximum atomic E-state index is 12.4. The van der Waals surface area contributed by atoms with E-state index in [-0.39, 0.29) is 18.8 Å². The molecule has 2 rings (SSSR count). The SMILES string of the molecule is C[C@H](/C=C/C(=O)O)[C@@H](OC(=O)NC(=O)c1ccccc1)c1ccccc1OCCO. The maximum Gasteiger partial charge on any atom is 0.414 e. The Hall–Kier alpha value is -3.65. The number of ether oxygens (including phenoxy) is 2. The molecule has 0 unspecified atom stereocenters. The van der Waals surface area contributed by atoms with Gasteiger partial charge in [-0.1, -0.05) is 49.4 Å². The summed E-state index contributed by atoms with van der Waals surface area (Å²) in [6.45, 7) is 1.49. The third kappa shape index (κ3) is 6.75. The van der Waals surface area contributed by atoms with E-state index < -0.39 is 30.0 Å². The van der Waals surface area contributed by atoms with E-state index in [1.807, 2.05) is 0 Å². The number of aliphatic hydroxyl groups is 1. The molecule has 0 bridgehead atoms. The Labute approximate surface area is 173 Å². The van der Waals surface area contributed by atoms with Crippen LogP contribution in [0.2, 0.25) is 0 Å². The number of imide groups is 1. The van der Waals surface area contributed by atoms with E-state index >= 15 is 0 Å². The van der Waals surface area contributed by atoms with Gasteiger partial charge in [-0.3, -0.25) is 10.1 Å². The largest absolute Gasteiger partial charge is 0.491 e. The number of hydrogen-bond acceptors (Lipinski definition) is 6. The van der Waals surface area contributed by atoms with Gasteiger partial charge >= 0.3 is 12.1 Å². The van der Waals surface area contributed by atoms with Gasteiger partial charge in [0.05, 0.1) is 6.61 Å². The number of nitrogens with one attached hydrogen (secondary N) is 1. The third-order valence-electron chi connectivity index (χ3n) is 4.08. The van der Waals surface area contributed by atoms with E-state index in [1.54, 1.807) is 61.5 Å². The van der Waals surface area contributed by atoms with Crippen molar-refractivity contribution in [3.8, 4) is 5.75 Å². The zero-order chi connectivity index (χ0) is 21.9. The number of aliphatic hydroxyl groups excluding tert-OH is 1. The number of benzene rings is 2. The number of aliphatic carboxylic acids is 1. The van der Waals surface area contributed by atoms with Crippen molar-refractivity contribution in [2.24, 2.45) is 5.92 Å². The molecule has 0 fully saturated rings. The number of carbonyl (C=O) groups is 3. The average molecular weight is 413 g/mol. The fourth-order valence-electron chi connectivity index (χ4n) is 2.69. The van der Waals surface area contributed by atoms with Crippen LogP contribution in [0.4, 0.5) is 4.79 Å². The average Bonchev–Trinajstić information content (AvgIpc) is 2.75. The Morgan fingerprint density at radius 3 is 2.40 bits per heavy atom. The normalized spacial score (nSPS) is 12.7. The molecule has 2 amide bonds. The van der Waals surface area contributed by atoms with Gasteiger partial charge in [0.1, 0.15) is 18.5 Å². The number of para-hydroxylation sites is 1. The molecule has 2 aromatic carbocycles. The van der Waals surface area contributed by atoms with Crippen LogP contribution < -0.4 is 10.1 Å². The van der Waals surface area contributed by atoms with Crippen LogP contribution in [-0.2, 0) is 9.53 Å². The van der Waals surface area contributed by atoms with Crippen LogP contribution in [0.5, 0.6) is 5.75 Å². The van der Waals surface area contributed by atoms with Gasteiger partial charge in [-0.25, -0.2) is 9.59 Å². The topological polar surface area (TPSA) is 122 Å². The van der Waals surface area contributed by atoms with E-state index in [0.717, 1.165) is 6.08 Å². The van der Waals surface area contributed by atoms with Gasteiger partial charge in [0.15, 0.2) is 0 Å². The minimum atomic E-state index is -1.14. The number of alkyl carbamates (subject to hydrolysis) is 1. The van der Waals surface area contributed by atoms with Gasteiger partial charge in [0.2, 0.25) is 0 Å². The molecule has 2 aromatic rings. The summed E-state index contributed by atoms with van der Waals surface area (Å²) in [5.74, 6) is -1.96. The van der Waals surface area contributed by atoms with Crippen LogP contribution in [-0.4, -0.2) is 41.4 Å². The third-order valence-corrected chi connectivity index (χ3v) is 4.08. The summed E-state index contributed by atoms with van der Waals surface area (Å²) in [5.41, 5.74) is 0.757. The summed E-state index contributed by atoms with van der Waals surface area (Å²) in [6, 6.07) is 14.9. The van der Waals surface area contributed by atoms with Crippen molar-refractivity contribution in [2.45, 2.75) is 13.0 Å². The molecule has 0 saturated carbocycles. The summed E-state index contributed by atoms with van der Waals surface area (Å²) in [5, 5.41) is 20.1. The first kappa shape index (κ1) is 22.6. The van der Waals surface area contributed by atoms with Crippen molar-refractivity contribution < 1.29 is 34.1 Å². The first-order valence-electron chi connectivity index (χ1n) is 9.23. The van der Waals surface area contributed by atoms with Crippen LogP contribution in [0.3, 0.4) is 0 Å². The Balaban J connectivity index is 2.25. The molecule has 0 saturated heterocycles. The quantitative estimate of drug-likeness (QED) is 0.540. The summed E-state index contributed by atoms with van der Waals surface area (Å²) in [6.07, 6.45) is 0.397. The van der Waals surface area contributed by atoms with E-state index in [0.29, 0.717) is 11.3 Å². The Bertz CT molecular complexity index is 895. The predicted molar refractivity (Wildman–Crippen MR) is 108 cm³/mol. The number of carboxylic acids is 1. The van der Waals surface area contributed by atoms with Gasteiger partial charge in [0, 0.05) is 23.1 Å². The Morgan fingerprint density at radius 2 is 1.73 bits per heavy atom. The van der Waals surface area contributed by atoms with Crippen molar-refractivity contribution in [2.75, 3.05) is 13.2 Å². The highest BCUT2D eigenvalue weighted by atomic mass is 16.6. The lowest BCUT2D eigenvalue weighted by Crippen LogP contribution is -2.33. The van der Waals surface area contributed by atoms with E-state index in [1.165, 1.54) is 6.08 Å². The zero-order valence-electron chi connectivity index (χ0n) is 16.4. The minimum Gasteiger partial charge on any atom is -0.491 e. The molecule has 0 aliphatic heterocycles. The molecule has 8 nitrogen and oxygen atoms in total. The number of carbonyl (C=O) groups excluding carboxylic acids is 2. The number of amides is 2. The standard InChI is InChI=1S/C22H23NO7/c1-15(11-12-19(25)26)20(17-9-5-6-10-18(17)29-14-13-24)30-22(28)23-21(27)16-7-3-2-4-8-16/h2-12,15,20,24H,13-14H2,1H3,(H,25,26)(H,23,27,28)/b12-11+/t15-,20-/m1/s1. The van der Waals surface area contributed by atoms with Crippen molar-refractivity contribution >= 4 is 18.0 Å². The van der Waals surface area contributed by atoms with Crippen molar-refractivity contribution in [1.29, 1.82) is 0 Å². The molecule has 158 valence electrons. The number of carboxylic acid groups (broad SMARTS) is 1. The van der Waals surface area contributed by atoms with Crippen molar-refractivity contribution in [3.05, 3.63) is 77.9 Å². The first-order valence-corrected chi connectivity index (χ1v) is 9.23. The molecule has 2 atom stereocenters. The fourth-order valence-corrected chi connectivity index (χ4v) is 2.69. The van der Waals surface area contributed by atoms with Gasteiger partial charge in [-0.2, -0.15) is 0 Å².